The number of piperidine rings is 1. The Morgan fingerprint density at radius 3 is 2.85 bits per heavy atom. The minimum atomic E-state index is -0.945. The van der Waals surface area contributed by atoms with Crippen LogP contribution in [0.4, 0.5) is 0 Å². The summed E-state index contributed by atoms with van der Waals surface area (Å²) in [7, 11) is 1.62. The van der Waals surface area contributed by atoms with Crippen LogP contribution < -0.4 is 10.1 Å². The van der Waals surface area contributed by atoms with Gasteiger partial charge in [0, 0.05) is 30.6 Å². The topological polar surface area (TPSA) is 82.0 Å². The normalized spacial score (nSPS) is 27.2. The third-order valence-corrected chi connectivity index (χ3v) is 7.39. The summed E-state index contributed by atoms with van der Waals surface area (Å²) in [5.74, 6) is 0.772. The van der Waals surface area contributed by atoms with Crippen LogP contribution in [-0.4, -0.2) is 59.4 Å². The van der Waals surface area contributed by atoms with Gasteiger partial charge in [-0.15, -0.1) is 6.58 Å². The van der Waals surface area contributed by atoms with Crippen LogP contribution in [0.1, 0.15) is 36.8 Å². The summed E-state index contributed by atoms with van der Waals surface area (Å²) >= 11 is 0. The van der Waals surface area contributed by atoms with Crippen LogP contribution in [0.15, 0.2) is 67.3 Å². The molecule has 2 aromatic rings. The predicted octanol–water partition coefficient (Wildman–Crippen LogP) is 3.64. The molecule has 1 heterocycles. The standard InChI is InChI=1S/C28H34N2O4/c1-3-15-30-16-14-27(22-7-5-8-24(31)18-22)19-23(12-13-28(27,33)20-30)29-26(32)11-10-21-6-4-9-25(17-21)34-2/h3-11,17-18,23,31,33H,1,12-16,19-20H2,2H3,(H,29,32)/b11-10+. The van der Waals surface area contributed by atoms with Crippen molar-refractivity contribution in [3.63, 3.8) is 0 Å². The maximum absolute atomic E-state index is 12.8. The van der Waals surface area contributed by atoms with Crippen molar-refractivity contribution < 1.29 is 19.7 Å². The zero-order valence-corrected chi connectivity index (χ0v) is 19.7. The third kappa shape index (κ3) is 4.88. The molecule has 6 nitrogen and oxygen atoms in total. The predicted molar refractivity (Wildman–Crippen MR) is 134 cm³/mol. The van der Waals surface area contributed by atoms with Crippen LogP contribution in [0.5, 0.6) is 11.5 Å². The number of likely N-dealkylation sites (tertiary alicyclic amines) is 1. The average molecular weight is 463 g/mol. The molecule has 0 aromatic heterocycles. The minimum absolute atomic E-state index is 0.0731. The van der Waals surface area contributed by atoms with Crippen molar-refractivity contribution in [3.8, 4) is 11.5 Å². The molecule has 6 heteroatoms. The van der Waals surface area contributed by atoms with Crippen molar-refractivity contribution in [3.05, 3.63) is 78.4 Å². The van der Waals surface area contributed by atoms with E-state index in [1.807, 2.05) is 42.5 Å². The molecule has 1 saturated carbocycles. The van der Waals surface area contributed by atoms with Gasteiger partial charge in [0.1, 0.15) is 11.5 Å². The Morgan fingerprint density at radius 2 is 2.09 bits per heavy atom. The van der Waals surface area contributed by atoms with Crippen molar-refractivity contribution in [2.45, 2.75) is 42.7 Å². The number of carbonyl (C=O) groups is 1. The van der Waals surface area contributed by atoms with E-state index < -0.39 is 11.0 Å². The largest absolute Gasteiger partial charge is 0.508 e. The van der Waals surface area contributed by atoms with Gasteiger partial charge in [0.05, 0.1) is 12.7 Å². The van der Waals surface area contributed by atoms with E-state index in [2.05, 4.69) is 16.8 Å². The number of benzene rings is 2. The number of phenolic OH excluding ortho intramolecular Hbond substituents is 1. The van der Waals surface area contributed by atoms with Gasteiger partial charge in [-0.05, 0) is 73.7 Å². The number of hydrogen-bond acceptors (Lipinski definition) is 5. The highest BCUT2D eigenvalue weighted by molar-refractivity contribution is 5.92. The molecule has 34 heavy (non-hydrogen) atoms. The van der Waals surface area contributed by atoms with Crippen molar-refractivity contribution in [2.24, 2.45) is 0 Å². The Labute approximate surface area is 201 Å². The van der Waals surface area contributed by atoms with Crippen LogP contribution in [0.3, 0.4) is 0 Å². The zero-order valence-electron chi connectivity index (χ0n) is 19.7. The molecule has 1 amide bonds. The smallest absolute Gasteiger partial charge is 0.244 e. The maximum Gasteiger partial charge on any atom is 0.244 e. The number of ether oxygens (including phenoxy) is 1. The van der Waals surface area contributed by atoms with Gasteiger partial charge in [0.25, 0.3) is 0 Å². The van der Waals surface area contributed by atoms with E-state index in [4.69, 9.17) is 4.74 Å². The van der Waals surface area contributed by atoms with E-state index in [1.165, 1.54) is 0 Å². The molecule has 2 aliphatic rings. The summed E-state index contributed by atoms with van der Waals surface area (Å²) < 4.78 is 5.24. The third-order valence-electron chi connectivity index (χ3n) is 7.39. The van der Waals surface area contributed by atoms with Crippen molar-refractivity contribution >= 4 is 12.0 Å². The molecule has 3 unspecified atom stereocenters. The van der Waals surface area contributed by atoms with Gasteiger partial charge in [-0.2, -0.15) is 0 Å². The molecule has 1 aliphatic heterocycles. The Bertz CT molecular complexity index is 1070. The van der Waals surface area contributed by atoms with Gasteiger partial charge < -0.3 is 20.3 Å². The fourth-order valence-electron chi connectivity index (χ4n) is 5.69. The fourth-order valence-corrected chi connectivity index (χ4v) is 5.69. The number of phenols is 1. The number of carbonyl (C=O) groups excluding carboxylic acids is 1. The molecule has 4 rings (SSSR count). The molecule has 1 saturated heterocycles. The molecule has 180 valence electrons. The number of nitrogens with one attached hydrogen (secondary N) is 1. The second kappa shape index (κ2) is 10.0. The Balaban J connectivity index is 1.54. The summed E-state index contributed by atoms with van der Waals surface area (Å²) in [4.78, 5) is 15.0. The van der Waals surface area contributed by atoms with E-state index in [-0.39, 0.29) is 17.7 Å². The van der Waals surface area contributed by atoms with Gasteiger partial charge >= 0.3 is 0 Å². The van der Waals surface area contributed by atoms with E-state index in [0.29, 0.717) is 25.8 Å². The second-order valence-electron chi connectivity index (χ2n) is 9.50. The Kier molecular flexibility index (Phi) is 7.10. The van der Waals surface area contributed by atoms with Gasteiger partial charge in [-0.3, -0.25) is 9.69 Å². The number of β-amino-alcohol motifs (C(OH)–C–C–N with tert-alkyl or cyclic N) is 1. The first-order chi connectivity index (χ1) is 16.4. The number of aromatic hydroxyl groups is 1. The van der Waals surface area contributed by atoms with Gasteiger partial charge in [-0.25, -0.2) is 0 Å². The molecule has 2 fully saturated rings. The summed E-state index contributed by atoms with van der Waals surface area (Å²) in [6, 6.07) is 14.7. The Hall–Kier alpha value is -3.09. The van der Waals surface area contributed by atoms with Gasteiger partial charge in [0.15, 0.2) is 0 Å². The number of amides is 1. The minimum Gasteiger partial charge on any atom is -0.508 e. The number of methoxy groups -OCH3 is 1. The van der Waals surface area contributed by atoms with Gasteiger partial charge in [-0.1, -0.05) is 30.3 Å². The number of rotatable bonds is 7. The lowest BCUT2D eigenvalue weighted by Gasteiger charge is -2.58. The Morgan fingerprint density at radius 1 is 1.26 bits per heavy atom. The monoisotopic (exact) mass is 462 g/mol. The summed E-state index contributed by atoms with van der Waals surface area (Å²) in [5, 5.41) is 25.3. The molecule has 1 aliphatic carbocycles. The van der Waals surface area contributed by atoms with Crippen LogP contribution in [-0.2, 0) is 10.2 Å². The van der Waals surface area contributed by atoms with E-state index in [0.717, 1.165) is 36.4 Å². The summed E-state index contributed by atoms with van der Waals surface area (Å²) in [6.07, 6.45) is 7.81. The van der Waals surface area contributed by atoms with Crippen molar-refractivity contribution in [2.75, 3.05) is 26.7 Å². The zero-order chi connectivity index (χ0) is 24.2. The highest BCUT2D eigenvalue weighted by Crippen LogP contribution is 2.52. The first-order valence-electron chi connectivity index (χ1n) is 11.9. The van der Waals surface area contributed by atoms with E-state index in [9.17, 15) is 15.0 Å². The summed E-state index contributed by atoms with van der Waals surface area (Å²) in [5.41, 5.74) is 0.327. The van der Waals surface area contributed by atoms with Crippen LogP contribution in [0.25, 0.3) is 6.08 Å². The first-order valence-corrected chi connectivity index (χ1v) is 11.9. The van der Waals surface area contributed by atoms with Crippen LogP contribution in [0, 0.1) is 0 Å². The number of hydrogen-bond donors (Lipinski definition) is 3. The number of aliphatic hydroxyl groups is 1. The molecule has 0 bridgehead atoms. The fraction of sp³-hybridized carbons (Fsp3) is 0.393. The molecule has 2 aromatic carbocycles. The van der Waals surface area contributed by atoms with E-state index >= 15 is 0 Å². The molecule has 3 N–H and O–H groups in total. The quantitative estimate of drug-likeness (QED) is 0.432. The van der Waals surface area contributed by atoms with Gasteiger partial charge in [0.2, 0.25) is 5.91 Å². The lowest BCUT2D eigenvalue weighted by Crippen LogP contribution is -2.67. The van der Waals surface area contributed by atoms with Crippen molar-refractivity contribution in [1.29, 1.82) is 0 Å². The second-order valence-corrected chi connectivity index (χ2v) is 9.50. The number of nitrogens with zero attached hydrogens (tertiary/aromatic N) is 1. The van der Waals surface area contributed by atoms with E-state index in [1.54, 1.807) is 31.4 Å². The maximum atomic E-state index is 12.8. The molecular weight excluding hydrogens is 428 g/mol. The molecular formula is C28H34N2O4. The lowest BCUT2D eigenvalue weighted by atomic mass is 9.55. The average Bonchev–Trinajstić information content (AvgIpc) is 2.83. The van der Waals surface area contributed by atoms with Crippen molar-refractivity contribution in [1.82, 2.24) is 10.2 Å². The van der Waals surface area contributed by atoms with Crippen LogP contribution >= 0.6 is 0 Å². The molecule has 3 atom stereocenters. The lowest BCUT2D eigenvalue weighted by molar-refractivity contribution is -0.130. The molecule has 0 spiro atoms. The highest BCUT2D eigenvalue weighted by atomic mass is 16.5. The molecule has 0 radical (unpaired) electrons. The number of fused-ring (bicyclic) bond motifs is 1. The first kappa shape index (κ1) is 24.0. The van der Waals surface area contributed by atoms with Crippen LogP contribution in [0.2, 0.25) is 0 Å². The summed E-state index contributed by atoms with van der Waals surface area (Å²) in [6.45, 7) is 5.94. The SMILES string of the molecule is C=CCN1CCC2(c3cccc(O)c3)CC(NC(=O)/C=C/c3cccc(OC)c3)CCC2(O)C1. The highest BCUT2D eigenvalue weighted by Gasteiger charge is 2.57.